The van der Waals surface area contributed by atoms with Gasteiger partial charge in [-0.05, 0) is 35.9 Å². The number of aromatic nitrogens is 2. The van der Waals surface area contributed by atoms with Crippen molar-refractivity contribution in [1.29, 1.82) is 0 Å². The number of amides is 1. The van der Waals surface area contributed by atoms with E-state index in [0.29, 0.717) is 38.4 Å². The molecule has 1 fully saturated rings. The Kier molecular flexibility index (Phi) is 7.70. The van der Waals surface area contributed by atoms with Crippen molar-refractivity contribution in [2.45, 2.75) is 13.1 Å². The van der Waals surface area contributed by atoms with Gasteiger partial charge in [-0.25, -0.2) is 9.37 Å². The predicted molar refractivity (Wildman–Crippen MR) is 123 cm³/mol. The fourth-order valence-corrected chi connectivity index (χ4v) is 3.92. The highest BCUT2D eigenvalue weighted by atomic mass is 19.1. The zero-order valence-electron chi connectivity index (χ0n) is 18.8. The number of rotatable bonds is 9. The molecule has 1 aromatic heterocycles. The van der Waals surface area contributed by atoms with E-state index in [9.17, 15) is 9.18 Å². The first-order valence-electron chi connectivity index (χ1n) is 11.1. The van der Waals surface area contributed by atoms with Crippen LogP contribution >= 0.6 is 0 Å². The third-order valence-corrected chi connectivity index (χ3v) is 5.77. The molecule has 1 saturated heterocycles. The molecule has 7 nitrogen and oxygen atoms in total. The van der Waals surface area contributed by atoms with Crippen LogP contribution in [0.1, 0.15) is 21.7 Å². The first-order valence-corrected chi connectivity index (χ1v) is 11.1. The highest BCUT2D eigenvalue weighted by Crippen LogP contribution is 2.16. The van der Waals surface area contributed by atoms with Gasteiger partial charge in [-0.2, -0.15) is 0 Å². The molecule has 1 aliphatic heterocycles. The number of methoxy groups -OCH3 is 1. The van der Waals surface area contributed by atoms with Crippen LogP contribution in [0.3, 0.4) is 0 Å². The molecule has 174 valence electrons. The molecule has 1 amide bonds. The Balaban J connectivity index is 1.52. The van der Waals surface area contributed by atoms with E-state index in [2.05, 4.69) is 9.88 Å². The zero-order valence-corrected chi connectivity index (χ0v) is 18.8. The van der Waals surface area contributed by atoms with E-state index >= 15 is 0 Å². The molecule has 1 aliphatic rings. The van der Waals surface area contributed by atoms with Gasteiger partial charge in [0.25, 0.3) is 5.91 Å². The molecule has 0 radical (unpaired) electrons. The molecular formula is C25H29FN4O3. The molecule has 0 spiro atoms. The molecule has 0 saturated carbocycles. The molecule has 8 heteroatoms. The lowest BCUT2D eigenvalue weighted by Crippen LogP contribution is -2.43. The third-order valence-electron chi connectivity index (χ3n) is 5.77. The maximum Gasteiger partial charge on any atom is 0.254 e. The van der Waals surface area contributed by atoms with Gasteiger partial charge in [-0.1, -0.05) is 18.2 Å². The molecule has 2 heterocycles. The molecule has 0 unspecified atom stereocenters. The lowest BCUT2D eigenvalue weighted by molar-refractivity contribution is 0.0318. The number of ether oxygens (including phenoxy) is 2. The summed E-state index contributed by atoms with van der Waals surface area (Å²) in [4.78, 5) is 21.8. The molecule has 0 N–H and O–H groups in total. The number of carbonyl (C=O) groups excluding carboxylic acids is 1. The van der Waals surface area contributed by atoms with Crippen LogP contribution < -0.4 is 4.74 Å². The molecule has 0 aliphatic carbocycles. The van der Waals surface area contributed by atoms with Crippen molar-refractivity contribution in [3.63, 3.8) is 0 Å². The molecule has 3 aromatic rings. The summed E-state index contributed by atoms with van der Waals surface area (Å²) in [6.45, 7) is 5.25. The number of imidazole rings is 1. The van der Waals surface area contributed by atoms with Crippen molar-refractivity contribution < 1.29 is 18.7 Å². The molecular weight excluding hydrogens is 423 g/mol. The van der Waals surface area contributed by atoms with Gasteiger partial charge in [0.1, 0.15) is 17.4 Å². The summed E-state index contributed by atoms with van der Waals surface area (Å²) in [5, 5.41) is 0. The van der Waals surface area contributed by atoms with Gasteiger partial charge in [0.2, 0.25) is 0 Å². The van der Waals surface area contributed by atoms with Crippen LogP contribution in [0.4, 0.5) is 4.39 Å². The van der Waals surface area contributed by atoms with Gasteiger partial charge in [-0.15, -0.1) is 0 Å². The smallest absolute Gasteiger partial charge is 0.254 e. The summed E-state index contributed by atoms with van der Waals surface area (Å²) in [6.07, 6.45) is 3.64. The average Bonchev–Trinajstić information content (AvgIpc) is 3.28. The normalized spacial score (nSPS) is 14.2. The third kappa shape index (κ3) is 6.18. The quantitative estimate of drug-likeness (QED) is 0.500. The summed E-state index contributed by atoms with van der Waals surface area (Å²) >= 11 is 0. The lowest BCUT2D eigenvalue weighted by Gasteiger charge is -2.30. The number of nitrogens with zero attached hydrogens (tertiary/aromatic N) is 4. The van der Waals surface area contributed by atoms with E-state index in [1.54, 1.807) is 30.3 Å². The van der Waals surface area contributed by atoms with Crippen molar-refractivity contribution >= 4 is 5.91 Å². The van der Waals surface area contributed by atoms with E-state index in [-0.39, 0.29) is 5.91 Å². The molecule has 2 aromatic carbocycles. The fraction of sp³-hybridized carbons (Fsp3) is 0.360. The zero-order chi connectivity index (χ0) is 23.0. The predicted octanol–water partition coefficient (Wildman–Crippen LogP) is 3.05. The number of hydrogen-bond donors (Lipinski definition) is 0. The highest BCUT2D eigenvalue weighted by Gasteiger charge is 2.21. The first kappa shape index (κ1) is 22.9. The van der Waals surface area contributed by atoms with Crippen LogP contribution in [-0.4, -0.2) is 71.8 Å². The van der Waals surface area contributed by atoms with Gasteiger partial charge in [0, 0.05) is 50.7 Å². The van der Waals surface area contributed by atoms with Crippen molar-refractivity contribution in [2.75, 3.05) is 46.5 Å². The summed E-state index contributed by atoms with van der Waals surface area (Å²) < 4.78 is 26.6. The van der Waals surface area contributed by atoms with Crippen molar-refractivity contribution in [1.82, 2.24) is 19.4 Å². The van der Waals surface area contributed by atoms with Crippen molar-refractivity contribution in [3.8, 4) is 5.75 Å². The van der Waals surface area contributed by atoms with Crippen LogP contribution in [0.2, 0.25) is 0 Å². The largest absolute Gasteiger partial charge is 0.497 e. The van der Waals surface area contributed by atoms with Crippen molar-refractivity contribution in [3.05, 3.63) is 83.7 Å². The number of carbonyl (C=O) groups is 1. The van der Waals surface area contributed by atoms with Gasteiger partial charge in [0.15, 0.2) is 0 Å². The Morgan fingerprint density at radius 3 is 2.79 bits per heavy atom. The number of morpholine rings is 1. The number of hydrogen-bond acceptors (Lipinski definition) is 5. The summed E-state index contributed by atoms with van der Waals surface area (Å²) in [5.74, 6) is 0.930. The molecule has 4 rings (SSSR count). The van der Waals surface area contributed by atoms with E-state index in [1.807, 2.05) is 35.0 Å². The Morgan fingerprint density at radius 1 is 1.18 bits per heavy atom. The molecule has 33 heavy (non-hydrogen) atoms. The Bertz CT molecular complexity index is 1070. The second-order valence-electron chi connectivity index (χ2n) is 8.01. The minimum atomic E-state index is -0.423. The second kappa shape index (κ2) is 11.1. The standard InChI is InChI=1S/C25H29FN4O3/c1-32-23-7-2-4-20(16-23)18-29-9-8-27-24(29)19-30(11-10-28-12-14-33-15-13-28)25(31)21-5-3-6-22(26)17-21/h2-9,16-17H,10-15,18-19H2,1H3. The minimum absolute atomic E-state index is 0.210. The molecule has 0 bridgehead atoms. The first-order chi connectivity index (χ1) is 16.1. The fourth-order valence-electron chi connectivity index (χ4n) is 3.92. The highest BCUT2D eigenvalue weighted by molar-refractivity contribution is 5.94. The monoisotopic (exact) mass is 452 g/mol. The van der Waals surface area contributed by atoms with Crippen LogP contribution in [-0.2, 0) is 17.8 Å². The number of benzene rings is 2. The van der Waals surface area contributed by atoms with Crippen LogP contribution in [0.5, 0.6) is 5.75 Å². The van der Waals surface area contributed by atoms with Gasteiger partial charge in [0.05, 0.1) is 26.9 Å². The van der Waals surface area contributed by atoms with E-state index in [4.69, 9.17) is 9.47 Å². The summed E-state index contributed by atoms with van der Waals surface area (Å²) in [6, 6.07) is 13.7. The second-order valence-corrected chi connectivity index (χ2v) is 8.01. The Labute approximate surface area is 193 Å². The lowest BCUT2D eigenvalue weighted by atomic mass is 10.2. The van der Waals surface area contributed by atoms with Gasteiger partial charge < -0.3 is 18.9 Å². The van der Waals surface area contributed by atoms with E-state index < -0.39 is 5.82 Å². The minimum Gasteiger partial charge on any atom is -0.497 e. The van der Waals surface area contributed by atoms with Crippen LogP contribution in [0.25, 0.3) is 0 Å². The number of halogens is 1. The van der Waals surface area contributed by atoms with Crippen LogP contribution in [0.15, 0.2) is 60.9 Å². The Morgan fingerprint density at radius 2 is 2.00 bits per heavy atom. The van der Waals surface area contributed by atoms with Gasteiger partial charge >= 0.3 is 0 Å². The van der Waals surface area contributed by atoms with Crippen molar-refractivity contribution in [2.24, 2.45) is 0 Å². The molecule has 0 atom stereocenters. The maximum atomic E-state index is 13.8. The van der Waals surface area contributed by atoms with E-state index in [0.717, 1.165) is 36.8 Å². The maximum absolute atomic E-state index is 13.8. The van der Waals surface area contributed by atoms with Gasteiger partial charge in [-0.3, -0.25) is 9.69 Å². The Hall–Kier alpha value is -3.23. The summed E-state index contributed by atoms with van der Waals surface area (Å²) in [5.41, 5.74) is 1.41. The van der Waals surface area contributed by atoms with E-state index in [1.165, 1.54) is 12.1 Å². The topological polar surface area (TPSA) is 59.8 Å². The summed E-state index contributed by atoms with van der Waals surface area (Å²) in [7, 11) is 1.64. The average molecular weight is 453 g/mol. The van der Waals surface area contributed by atoms with Crippen LogP contribution in [0, 0.1) is 5.82 Å². The SMILES string of the molecule is COc1cccc(Cn2ccnc2CN(CCN2CCOCC2)C(=O)c2cccc(F)c2)c1.